The summed E-state index contributed by atoms with van der Waals surface area (Å²) in [6, 6.07) is 5.95. The van der Waals surface area contributed by atoms with Crippen molar-refractivity contribution in [1.82, 2.24) is 49.6 Å². The number of aromatic nitrogens is 6. The lowest BCUT2D eigenvalue weighted by atomic mass is 9.82. The van der Waals surface area contributed by atoms with Crippen LogP contribution in [0.2, 0.25) is 20.1 Å². The second kappa shape index (κ2) is 26.0. The Morgan fingerprint density at radius 3 is 0.952 bits per heavy atom. The summed E-state index contributed by atoms with van der Waals surface area (Å²) >= 11 is 28.6. The van der Waals surface area contributed by atoms with Crippen LogP contribution < -0.4 is 0 Å². The minimum absolute atomic E-state index is 0.0151. The molecule has 7 aromatic rings. The zero-order valence-electron chi connectivity index (χ0n) is 45.4. The lowest BCUT2D eigenvalue weighted by Crippen LogP contribution is -2.42. The molecule has 2 saturated heterocycles. The highest BCUT2D eigenvalue weighted by atomic mass is 35.5. The van der Waals surface area contributed by atoms with E-state index in [2.05, 4.69) is 20.6 Å². The van der Waals surface area contributed by atoms with Crippen LogP contribution in [0.4, 0.5) is 0 Å². The molecular weight excluding hydrogens is 1220 g/mol. The van der Waals surface area contributed by atoms with Gasteiger partial charge in [-0.15, -0.1) is 10.2 Å². The van der Waals surface area contributed by atoms with Crippen molar-refractivity contribution in [3.8, 4) is 0 Å². The zero-order chi connectivity index (χ0) is 58.9. The Morgan fingerprint density at radius 1 is 0.381 bits per heavy atom. The largest absolute Gasteiger partial charge is 0.377 e. The van der Waals surface area contributed by atoms with E-state index in [1.807, 2.05) is 22.2 Å². The molecule has 4 aliphatic rings. The number of nitrogens with zero attached hydrogens (tertiary/aromatic N) is 10. The number of amides is 4. The van der Waals surface area contributed by atoms with Crippen molar-refractivity contribution in [3.05, 3.63) is 90.4 Å². The summed E-state index contributed by atoms with van der Waals surface area (Å²) in [4.78, 5) is 63.3. The second-order valence-corrected chi connectivity index (χ2v) is 26.9. The molecule has 6 heterocycles. The van der Waals surface area contributed by atoms with Crippen LogP contribution in [0.25, 0.3) is 43.1 Å². The number of fused-ring (bicyclic) bond motifs is 2. The van der Waals surface area contributed by atoms with Gasteiger partial charge in [-0.1, -0.05) is 56.8 Å². The van der Waals surface area contributed by atoms with E-state index in [9.17, 15) is 36.0 Å². The predicted octanol–water partition coefficient (Wildman–Crippen LogP) is 4.69. The van der Waals surface area contributed by atoms with Crippen molar-refractivity contribution in [2.75, 3.05) is 142 Å². The summed E-state index contributed by atoms with van der Waals surface area (Å²) < 4.78 is 84.4. The Hall–Kier alpha value is -5.30. The van der Waals surface area contributed by atoms with Crippen molar-refractivity contribution >= 4 is 133 Å². The molecule has 84 heavy (non-hydrogen) atoms. The first kappa shape index (κ1) is 60.4. The molecule has 30 heteroatoms. The van der Waals surface area contributed by atoms with Gasteiger partial charge in [-0.25, -0.2) is 26.2 Å². The van der Waals surface area contributed by atoms with Crippen molar-refractivity contribution < 1.29 is 64.4 Å². The molecule has 2 aromatic heterocycles. The number of halogens is 4. The van der Waals surface area contributed by atoms with Gasteiger partial charge in [0.15, 0.2) is 19.7 Å². The molecule has 0 spiro atoms. The summed E-state index contributed by atoms with van der Waals surface area (Å²) in [6.45, 7) is 6.67. The van der Waals surface area contributed by atoms with Gasteiger partial charge in [-0.05, 0) is 24.3 Å². The highest BCUT2D eigenvalue weighted by molar-refractivity contribution is 7.91. The third kappa shape index (κ3) is 12.9. The first-order valence-corrected chi connectivity index (χ1v) is 32.4. The maximum atomic E-state index is 14.3. The molecular formula is C54H58Cl4N10O14S2. The molecule has 2 fully saturated rings. The van der Waals surface area contributed by atoms with E-state index in [0.717, 1.165) is 21.2 Å². The normalized spacial score (nSPS) is 17.4. The summed E-state index contributed by atoms with van der Waals surface area (Å²) in [5, 5.41) is 19.9. The first-order chi connectivity index (χ1) is 40.5. The Morgan fingerprint density at radius 2 is 0.655 bits per heavy atom. The zero-order valence-corrected chi connectivity index (χ0v) is 50.0. The average molecular weight is 1280 g/mol. The SMILES string of the molecule is O=C1c2cc(Cl)c3c4c(Cl)cc5c6c(cc(Cl)c(c7c(Cl)cc(c2c37)C(=O)N1CCOCCOCCOCCn1cc(CN2CCS(=O)(=O)CC2)nn1)c64)C(=O)N(CCOCCOCCOCCn1cc(CN2CCS(=O)(=O)CC2)nn1)C5=O. The summed E-state index contributed by atoms with van der Waals surface area (Å²) in [5.74, 6) is -1.79. The van der Waals surface area contributed by atoms with Crippen molar-refractivity contribution in [1.29, 1.82) is 0 Å². The number of carbonyl (C=O) groups is 4. The summed E-state index contributed by atoms with van der Waals surface area (Å²) in [7, 11) is -5.91. The lowest BCUT2D eigenvalue weighted by molar-refractivity contribution is 0.00916. The molecule has 4 aliphatic heterocycles. The fourth-order valence-electron chi connectivity index (χ4n) is 11.0. The average Bonchev–Trinajstić information content (AvgIpc) is 0.753. The molecule has 24 nitrogen and oxygen atoms in total. The van der Waals surface area contributed by atoms with Gasteiger partial charge in [-0.2, -0.15) is 0 Å². The van der Waals surface area contributed by atoms with Crippen LogP contribution in [-0.4, -0.2) is 232 Å². The summed E-state index contributed by atoms with van der Waals surface area (Å²) in [5.41, 5.74) is 2.13. The van der Waals surface area contributed by atoms with Gasteiger partial charge < -0.3 is 28.4 Å². The van der Waals surface area contributed by atoms with E-state index >= 15 is 0 Å². The van der Waals surface area contributed by atoms with Crippen LogP contribution in [0, 0.1) is 0 Å². The van der Waals surface area contributed by atoms with Crippen LogP contribution >= 0.6 is 46.4 Å². The lowest BCUT2D eigenvalue weighted by Gasteiger charge is -2.31. The van der Waals surface area contributed by atoms with Gasteiger partial charge in [-0.3, -0.25) is 38.8 Å². The highest BCUT2D eigenvalue weighted by Crippen LogP contribution is 2.53. The molecule has 4 amide bonds. The quantitative estimate of drug-likeness (QED) is 0.0279. The van der Waals surface area contributed by atoms with Crippen molar-refractivity contribution in [3.63, 3.8) is 0 Å². The molecule has 0 unspecified atom stereocenters. The molecule has 0 radical (unpaired) electrons. The van der Waals surface area contributed by atoms with Crippen LogP contribution in [-0.2, 0) is 74.3 Å². The van der Waals surface area contributed by atoms with Gasteiger partial charge in [0, 0.05) is 115 Å². The number of hydrogen-bond acceptors (Lipinski definition) is 20. The van der Waals surface area contributed by atoms with E-state index in [4.69, 9.17) is 74.8 Å². The standard InChI is InChI=1S/C54H58Cl4N10O14S2/c55-39-25-35-43-36(52(70)67(51(35)69)3-11-79-15-19-81-17-13-77-9-1-65-31-33(59-61-65)29-63-5-21-83(73,74)22-6-63)26-40(56)46-48-42(58)28-38-44-37(27-41(57)47(50(44)48)45(39)49(43)46)53(71)68(54(38)72)4-12-80-16-20-82-18-14-78-10-2-66-32-34(60-62-66)30-64-7-23-84(75,76)24-8-64/h25-28,31-32H,1-24,29-30H2. The molecule has 0 atom stereocenters. The Bertz CT molecular complexity index is 3520. The van der Waals surface area contributed by atoms with E-state index in [1.165, 1.54) is 24.3 Å². The van der Waals surface area contributed by atoms with Crippen LogP contribution in [0.1, 0.15) is 52.8 Å². The van der Waals surface area contributed by atoms with E-state index in [1.54, 1.807) is 9.36 Å². The van der Waals surface area contributed by atoms with E-state index in [-0.39, 0.29) is 118 Å². The number of rotatable bonds is 28. The maximum absolute atomic E-state index is 14.3. The van der Waals surface area contributed by atoms with Crippen molar-refractivity contribution in [2.24, 2.45) is 0 Å². The maximum Gasteiger partial charge on any atom is 0.261 e. The number of carbonyl (C=O) groups excluding carboxylic acids is 4. The molecule has 0 aliphatic carbocycles. The van der Waals surface area contributed by atoms with Crippen LogP contribution in [0.15, 0.2) is 36.7 Å². The fraction of sp³-hybridized carbons (Fsp3) is 0.481. The number of benzene rings is 5. The van der Waals surface area contributed by atoms with Gasteiger partial charge in [0.05, 0.1) is 162 Å². The Kier molecular flexibility index (Phi) is 18.7. The smallest absolute Gasteiger partial charge is 0.261 e. The second-order valence-electron chi connectivity index (χ2n) is 20.6. The van der Waals surface area contributed by atoms with Gasteiger partial charge in [0.2, 0.25) is 0 Å². The Labute approximate surface area is 502 Å². The van der Waals surface area contributed by atoms with Crippen LogP contribution in [0.5, 0.6) is 0 Å². The highest BCUT2D eigenvalue weighted by Gasteiger charge is 2.40. The van der Waals surface area contributed by atoms with E-state index < -0.39 is 43.3 Å². The fourth-order valence-corrected chi connectivity index (χ4v) is 14.7. The van der Waals surface area contributed by atoms with Gasteiger partial charge in [0.25, 0.3) is 23.6 Å². The van der Waals surface area contributed by atoms with Crippen molar-refractivity contribution in [2.45, 2.75) is 26.2 Å². The number of hydrogen-bond donors (Lipinski definition) is 0. The third-order valence-electron chi connectivity index (χ3n) is 15.2. The monoisotopic (exact) mass is 1270 g/mol. The molecule has 0 bridgehead atoms. The Balaban J connectivity index is 0.652. The minimum Gasteiger partial charge on any atom is -0.377 e. The molecule has 11 rings (SSSR count). The summed E-state index contributed by atoms with van der Waals surface area (Å²) in [6.07, 6.45) is 3.64. The molecule has 0 saturated carbocycles. The predicted molar refractivity (Wildman–Crippen MR) is 311 cm³/mol. The number of ether oxygens (including phenoxy) is 6. The minimum atomic E-state index is -2.95. The molecule has 448 valence electrons. The molecule has 0 N–H and O–H groups in total. The van der Waals surface area contributed by atoms with E-state index in [0.29, 0.717) is 135 Å². The number of sulfone groups is 2. The first-order valence-electron chi connectivity index (χ1n) is 27.3. The molecule has 5 aromatic carbocycles. The topological polar surface area (TPSA) is 266 Å². The third-order valence-corrected chi connectivity index (χ3v) is 19.6. The van der Waals surface area contributed by atoms with Gasteiger partial charge >= 0.3 is 0 Å². The number of imide groups is 2. The van der Waals surface area contributed by atoms with Crippen LogP contribution in [0.3, 0.4) is 0 Å². The van der Waals surface area contributed by atoms with Gasteiger partial charge in [0.1, 0.15) is 0 Å².